The molecule has 0 saturated carbocycles. The number of nitrogens with zero attached hydrogens (tertiary/aromatic N) is 2. The molecule has 0 atom stereocenters. The molecule has 0 unspecified atom stereocenters. The Morgan fingerprint density at radius 1 is 1.46 bits per heavy atom. The van der Waals surface area contributed by atoms with Crippen LogP contribution in [0.15, 0.2) is 0 Å². The average Bonchev–Trinajstić information content (AvgIpc) is 2.44. The van der Waals surface area contributed by atoms with E-state index in [1.54, 1.807) is 11.3 Å². The first-order chi connectivity index (χ1) is 6.15. The summed E-state index contributed by atoms with van der Waals surface area (Å²) in [5, 5.41) is 1.10. The molecule has 4 heteroatoms. The molecule has 2 nitrogen and oxygen atoms in total. The van der Waals surface area contributed by atoms with Gasteiger partial charge < -0.3 is 4.90 Å². The fourth-order valence-electron chi connectivity index (χ4n) is 1.08. The first-order valence-electron chi connectivity index (χ1n) is 4.39. The minimum atomic E-state index is 0.953. The third kappa shape index (κ3) is 2.88. The minimum absolute atomic E-state index is 0.953. The monoisotopic (exact) mass is 216 g/mol. The van der Waals surface area contributed by atoms with Crippen LogP contribution < -0.4 is 4.90 Å². The highest BCUT2D eigenvalue weighted by Crippen LogP contribution is 2.25. The number of thiazole rings is 1. The lowest BCUT2D eigenvalue weighted by atomic mass is 10.2. The van der Waals surface area contributed by atoms with Crippen molar-refractivity contribution in [3.8, 4) is 0 Å². The van der Waals surface area contributed by atoms with Gasteiger partial charge in [-0.1, -0.05) is 0 Å². The van der Waals surface area contributed by atoms with E-state index < -0.39 is 0 Å². The van der Waals surface area contributed by atoms with Crippen LogP contribution in [0.25, 0.3) is 0 Å². The van der Waals surface area contributed by atoms with Gasteiger partial charge >= 0.3 is 0 Å². The van der Waals surface area contributed by atoms with Crippen molar-refractivity contribution in [1.82, 2.24) is 4.98 Å². The van der Waals surface area contributed by atoms with Gasteiger partial charge in [0.25, 0.3) is 0 Å². The Kier molecular flexibility index (Phi) is 4.06. The summed E-state index contributed by atoms with van der Waals surface area (Å²) in [6.07, 6.45) is 2.25. The predicted molar refractivity (Wildman–Crippen MR) is 63.4 cm³/mol. The number of aryl methyl sites for hydroxylation is 2. The molecule has 0 aromatic carbocycles. The number of rotatable bonds is 4. The van der Waals surface area contributed by atoms with Crippen LogP contribution in [-0.2, 0) is 6.42 Å². The van der Waals surface area contributed by atoms with E-state index in [0.29, 0.717) is 0 Å². The fourth-order valence-corrected chi connectivity index (χ4v) is 2.26. The summed E-state index contributed by atoms with van der Waals surface area (Å²) in [7, 11) is 4.06. The summed E-state index contributed by atoms with van der Waals surface area (Å²) in [6.45, 7) is 2.08. The Hall–Kier alpha value is -0.220. The molecule has 0 spiro atoms. The molecular weight excluding hydrogens is 200 g/mol. The van der Waals surface area contributed by atoms with Crippen molar-refractivity contribution < 1.29 is 0 Å². The molecule has 1 aromatic rings. The molecule has 13 heavy (non-hydrogen) atoms. The normalized spacial score (nSPS) is 10.5. The topological polar surface area (TPSA) is 16.1 Å². The van der Waals surface area contributed by atoms with Crippen LogP contribution in [0.1, 0.15) is 17.0 Å². The average molecular weight is 216 g/mol. The maximum atomic E-state index is 4.48. The van der Waals surface area contributed by atoms with Crippen LogP contribution in [0, 0.1) is 6.92 Å². The summed E-state index contributed by atoms with van der Waals surface area (Å²) in [6, 6.07) is 0. The van der Waals surface area contributed by atoms with Crippen LogP contribution in [0.2, 0.25) is 0 Å². The van der Waals surface area contributed by atoms with E-state index in [-0.39, 0.29) is 0 Å². The molecule has 74 valence electrons. The smallest absolute Gasteiger partial charge is 0.185 e. The van der Waals surface area contributed by atoms with Crippen LogP contribution in [0.5, 0.6) is 0 Å². The molecular formula is C9H16N2S2. The number of anilines is 1. The highest BCUT2D eigenvalue weighted by Gasteiger charge is 2.07. The summed E-state index contributed by atoms with van der Waals surface area (Å²) in [5.41, 5.74) is 1.18. The third-order valence-corrected chi connectivity index (χ3v) is 3.53. The maximum Gasteiger partial charge on any atom is 0.185 e. The fraction of sp³-hybridized carbons (Fsp3) is 0.667. The SMILES string of the molecule is Cc1nc(N(C)C)sc1CCCS. The molecule has 0 saturated heterocycles. The summed E-state index contributed by atoms with van der Waals surface area (Å²) in [5.74, 6) is 0.953. The zero-order chi connectivity index (χ0) is 9.84. The van der Waals surface area contributed by atoms with Crippen LogP contribution in [0.4, 0.5) is 5.13 Å². The Morgan fingerprint density at radius 3 is 2.62 bits per heavy atom. The van der Waals surface area contributed by atoms with Crippen molar-refractivity contribution in [1.29, 1.82) is 0 Å². The number of aromatic nitrogens is 1. The highest BCUT2D eigenvalue weighted by atomic mass is 32.1. The quantitative estimate of drug-likeness (QED) is 0.778. The molecule has 0 bridgehead atoms. The standard InChI is InChI=1S/C9H16N2S2/c1-7-8(5-4-6-12)13-9(10-7)11(2)3/h12H,4-6H2,1-3H3. The van der Waals surface area contributed by atoms with E-state index in [2.05, 4.69) is 29.4 Å². The second-order valence-corrected chi connectivity index (χ2v) is 4.74. The van der Waals surface area contributed by atoms with Crippen molar-refractivity contribution in [3.63, 3.8) is 0 Å². The Balaban J connectivity index is 2.71. The lowest BCUT2D eigenvalue weighted by Gasteiger charge is -2.05. The van der Waals surface area contributed by atoms with E-state index in [9.17, 15) is 0 Å². The Morgan fingerprint density at radius 2 is 2.15 bits per heavy atom. The molecule has 0 aliphatic carbocycles. The van der Waals surface area contributed by atoms with Gasteiger partial charge in [0.2, 0.25) is 0 Å². The van der Waals surface area contributed by atoms with Gasteiger partial charge in [-0.25, -0.2) is 4.98 Å². The third-order valence-electron chi connectivity index (χ3n) is 1.83. The van der Waals surface area contributed by atoms with E-state index in [1.807, 2.05) is 14.1 Å². The molecule has 1 heterocycles. The van der Waals surface area contributed by atoms with Crippen molar-refractivity contribution >= 4 is 29.1 Å². The van der Waals surface area contributed by atoms with Crippen LogP contribution in [-0.4, -0.2) is 24.8 Å². The van der Waals surface area contributed by atoms with Crippen LogP contribution in [0.3, 0.4) is 0 Å². The maximum absolute atomic E-state index is 4.48. The van der Waals surface area contributed by atoms with Gasteiger partial charge in [0, 0.05) is 19.0 Å². The molecule has 0 aliphatic heterocycles. The Labute approximate surface area is 89.4 Å². The second kappa shape index (κ2) is 4.86. The van der Waals surface area contributed by atoms with Gasteiger partial charge in [0.1, 0.15) is 0 Å². The summed E-state index contributed by atoms with van der Waals surface area (Å²) < 4.78 is 0. The molecule has 0 amide bonds. The molecule has 1 aromatic heterocycles. The van der Waals surface area contributed by atoms with Crippen molar-refractivity contribution in [2.24, 2.45) is 0 Å². The van der Waals surface area contributed by atoms with Gasteiger partial charge in [-0.3, -0.25) is 0 Å². The summed E-state index contributed by atoms with van der Waals surface area (Å²) in [4.78, 5) is 7.94. The van der Waals surface area contributed by atoms with E-state index >= 15 is 0 Å². The largest absolute Gasteiger partial charge is 0.354 e. The highest BCUT2D eigenvalue weighted by molar-refractivity contribution is 7.80. The number of thiol groups is 1. The predicted octanol–water partition coefficient (Wildman–Crippen LogP) is 2.38. The van der Waals surface area contributed by atoms with Gasteiger partial charge in [0.15, 0.2) is 5.13 Å². The molecule has 0 fully saturated rings. The molecule has 0 aliphatic rings. The first kappa shape index (κ1) is 10.9. The first-order valence-corrected chi connectivity index (χ1v) is 5.84. The van der Waals surface area contributed by atoms with Gasteiger partial charge in [0.05, 0.1) is 5.69 Å². The minimum Gasteiger partial charge on any atom is -0.354 e. The molecule has 0 radical (unpaired) electrons. The van der Waals surface area contributed by atoms with Gasteiger partial charge in [-0.2, -0.15) is 12.6 Å². The summed E-state index contributed by atoms with van der Waals surface area (Å²) >= 11 is 5.99. The van der Waals surface area contributed by atoms with Crippen molar-refractivity contribution in [2.45, 2.75) is 19.8 Å². The van der Waals surface area contributed by atoms with E-state index in [1.165, 1.54) is 10.6 Å². The van der Waals surface area contributed by atoms with E-state index in [0.717, 1.165) is 23.7 Å². The lowest BCUT2D eigenvalue weighted by molar-refractivity contribution is 0.938. The van der Waals surface area contributed by atoms with Gasteiger partial charge in [-0.15, -0.1) is 11.3 Å². The zero-order valence-corrected chi connectivity index (χ0v) is 10.1. The van der Waals surface area contributed by atoms with Crippen molar-refractivity contribution in [2.75, 3.05) is 24.7 Å². The van der Waals surface area contributed by atoms with Crippen molar-refractivity contribution in [3.05, 3.63) is 10.6 Å². The number of hydrogen-bond donors (Lipinski definition) is 1. The Bertz CT molecular complexity index is 269. The number of hydrogen-bond acceptors (Lipinski definition) is 4. The second-order valence-electron chi connectivity index (χ2n) is 3.23. The van der Waals surface area contributed by atoms with E-state index in [4.69, 9.17) is 0 Å². The molecule has 0 N–H and O–H groups in total. The molecule has 1 rings (SSSR count). The van der Waals surface area contributed by atoms with Crippen LogP contribution >= 0.6 is 24.0 Å². The van der Waals surface area contributed by atoms with Gasteiger partial charge in [-0.05, 0) is 25.5 Å². The lowest BCUT2D eigenvalue weighted by Crippen LogP contribution is -2.07. The zero-order valence-electron chi connectivity index (χ0n) is 8.37.